The van der Waals surface area contributed by atoms with Crippen molar-refractivity contribution in [3.8, 4) is 5.75 Å². The number of piperidine rings is 1. The van der Waals surface area contributed by atoms with Crippen LogP contribution in [0.3, 0.4) is 0 Å². The quantitative estimate of drug-likeness (QED) is 0.527. The monoisotopic (exact) mass is 437 g/mol. The van der Waals surface area contributed by atoms with Crippen molar-refractivity contribution in [3.05, 3.63) is 24.0 Å². The van der Waals surface area contributed by atoms with Gasteiger partial charge in [-0.1, -0.05) is 13.8 Å². The van der Waals surface area contributed by atoms with E-state index in [1.54, 1.807) is 25.3 Å². The Bertz CT molecular complexity index is 706. The minimum atomic E-state index is -0.580. The van der Waals surface area contributed by atoms with E-state index < -0.39 is 13.0 Å². The largest absolute Gasteiger partial charge is 0.490 e. The number of rotatable bonds is 11. The second-order valence-corrected chi connectivity index (χ2v) is 8.15. The van der Waals surface area contributed by atoms with Crippen molar-refractivity contribution in [3.63, 3.8) is 0 Å². The second-order valence-electron chi connectivity index (χ2n) is 8.15. The van der Waals surface area contributed by atoms with Crippen molar-refractivity contribution in [2.45, 2.75) is 58.8 Å². The lowest BCUT2D eigenvalue weighted by Gasteiger charge is -2.31. The maximum Gasteiger partial charge on any atom is 0.232 e. The first-order valence-electron chi connectivity index (χ1n) is 10.7. The molecule has 2 rings (SSSR count). The van der Waals surface area contributed by atoms with Crippen LogP contribution in [0.1, 0.15) is 45.7 Å². The second kappa shape index (κ2) is 12.6. The van der Waals surface area contributed by atoms with Gasteiger partial charge in [-0.2, -0.15) is 0 Å². The number of aromatic nitrogens is 1. The molecular weight excluding hydrogens is 402 g/mol. The first kappa shape index (κ1) is 25.0. The third-order valence-corrected chi connectivity index (χ3v) is 5.18. The number of carbonyl (C=O) groups excluding carboxylic acids is 2. The molecule has 9 nitrogen and oxygen atoms in total. The van der Waals surface area contributed by atoms with Crippen LogP contribution >= 0.6 is 0 Å². The highest BCUT2D eigenvalue weighted by Crippen LogP contribution is 2.20. The minimum Gasteiger partial charge on any atom is -0.490 e. The van der Waals surface area contributed by atoms with Crippen molar-refractivity contribution in [1.82, 2.24) is 14.8 Å². The van der Waals surface area contributed by atoms with Crippen LogP contribution in [0.4, 0.5) is 0 Å². The lowest BCUT2D eigenvalue weighted by molar-refractivity contribution is -0.173. The summed E-state index contributed by atoms with van der Waals surface area (Å²) in [6.45, 7) is 6.56. The van der Waals surface area contributed by atoms with Crippen molar-refractivity contribution in [1.29, 1.82) is 0 Å². The number of nitrogens with zero attached hydrogens (tertiary/aromatic N) is 3. The number of aliphatic hydroxyl groups excluding tert-OH is 1. The predicted molar refractivity (Wildman–Crippen MR) is 114 cm³/mol. The average Bonchev–Trinajstić information content (AvgIpc) is 2.72. The van der Waals surface area contributed by atoms with Gasteiger partial charge in [-0.3, -0.25) is 19.5 Å². The van der Waals surface area contributed by atoms with Gasteiger partial charge in [0, 0.05) is 52.2 Å². The molecule has 0 aromatic carbocycles. The zero-order valence-corrected chi connectivity index (χ0v) is 19.0. The van der Waals surface area contributed by atoms with Gasteiger partial charge in [-0.05, 0) is 18.4 Å². The Balaban J connectivity index is 1.98. The molecule has 0 aliphatic carbocycles. The van der Waals surface area contributed by atoms with E-state index in [1.807, 2.05) is 18.7 Å². The highest BCUT2D eigenvalue weighted by molar-refractivity contribution is 5.78. The molecule has 0 unspecified atom stereocenters. The van der Waals surface area contributed by atoms with Crippen LogP contribution in [0.15, 0.2) is 18.3 Å². The summed E-state index contributed by atoms with van der Waals surface area (Å²) in [5.41, 5.74) is 0.553. The Hall–Kier alpha value is -2.23. The van der Waals surface area contributed by atoms with Crippen LogP contribution in [0.2, 0.25) is 0 Å². The molecule has 9 heteroatoms. The first-order valence-corrected chi connectivity index (χ1v) is 10.7. The lowest BCUT2D eigenvalue weighted by atomic mass is 10.1. The molecule has 1 aromatic rings. The van der Waals surface area contributed by atoms with E-state index in [2.05, 4.69) is 4.98 Å². The van der Waals surface area contributed by atoms with Crippen LogP contribution < -0.4 is 4.74 Å². The third kappa shape index (κ3) is 8.08. The summed E-state index contributed by atoms with van der Waals surface area (Å²) in [6, 6.07) is 3.51. The van der Waals surface area contributed by atoms with Crippen LogP contribution in [0.5, 0.6) is 5.75 Å². The van der Waals surface area contributed by atoms with E-state index >= 15 is 0 Å². The maximum atomic E-state index is 12.9. The van der Waals surface area contributed by atoms with Crippen molar-refractivity contribution in [2.75, 3.05) is 33.7 Å². The Kier molecular flexibility index (Phi) is 10.2. The number of likely N-dealkylation sites (tertiary alicyclic amines) is 1. The first-order chi connectivity index (χ1) is 14.8. The van der Waals surface area contributed by atoms with Gasteiger partial charge in [-0.25, -0.2) is 0 Å². The fourth-order valence-corrected chi connectivity index (χ4v) is 3.53. The highest BCUT2D eigenvalue weighted by Gasteiger charge is 2.26. The molecule has 0 radical (unpaired) electrons. The number of hydrogen-bond acceptors (Lipinski definition) is 7. The number of aliphatic hydroxyl groups is 1. The number of carbonyl (C=O) groups is 2. The van der Waals surface area contributed by atoms with E-state index in [0.29, 0.717) is 31.0 Å². The molecule has 1 N–H and O–H groups in total. The third-order valence-electron chi connectivity index (χ3n) is 5.18. The number of pyridine rings is 1. The average molecular weight is 438 g/mol. The van der Waals surface area contributed by atoms with Gasteiger partial charge in [0.1, 0.15) is 31.6 Å². The van der Waals surface area contributed by atoms with Gasteiger partial charge < -0.3 is 24.2 Å². The summed E-state index contributed by atoms with van der Waals surface area (Å²) < 4.78 is 16.6. The number of amides is 2. The maximum absolute atomic E-state index is 12.9. The normalized spacial score (nSPS) is 15.7. The zero-order chi connectivity index (χ0) is 22.8. The van der Waals surface area contributed by atoms with Crippen LogP contribution in [0, 0.1) is 5.92 Å². The summed E-state index contributed by atoms with van der Waals surface area (Å²) >= 11 is 0. The highest BCUT2D eigenvalue weighted by atomic mass is 16.7. The van der Waals surface area contributed by atoms with E-state index in [0.717, 1.165) is 12.8 Å². The van der Waals surface area contributed by atoms with Gasteiger partial charge in [0.15, 0.2) is 0 Å². The summed E-state index contributed by atoms with van der Waals surface area (Å²) in [5.74, 6) is 0.711. The zero-order valence-electron chi connectivity index (χ0n) is 19.0. The summed E-state index contributed by atoms with van der Waals surface area (Å²) in [7, 11) is 1.51. The van der Waals surface area contributed by atoms with Crippen molar-refractivity contribution in [2.24, 2.45) is 5.92 Å². The number of hydrogen-bond donors (Lipinski definition) is 1. The Morgan fingerprint density at radius 1 is 1.32 bits per heavy atom. The Labute approximate surface area is 184 Å². The minimum absolute atomic E-state index is 0.0193. The van der Waals surface area contributed by atoms with E-state index in [4.69, 9.17) is 14.2 Å². The molecule has 2 amide bonds. The van der Waals surface area contributed by atoms with Gasteiger partial charge >= 0.3 is 0 Å². The molecule has 1 fully saturated rings. The molecule has 174 valence electrons. The van der Waals surface area contributed by atoms with Crippen molar-refractivity contribution < 1.29 is 28.9 Å². The van der Waals surface area contributed by atoms with Gasteiger partial charge in [0.2, 0.25) is 11.8 Å². The summed E-state index contributed by atoms with van der Waals surface area (Å²) in [6.07, 6.45) is 3.18. The molecular formula is C22H35N3O6. The predicted octanol–water partition coefficient (Wildman–Crippen LogP) is 1.78. The molecule has 1 aliphatic heterocycles. The topological polar surface area (TPSA) is 101 Å². The van der Waals surface area contributed by atoms with Crippen molar-refractivity contribution >= 4 is 11.8 Å². The molecule has 1 saturated heterocycles. The molecule has 1 aliphatic rings. The van der Waals surface area contributed by atoms with Gasteiger partial charge in [0.05, 0.1) is 12.1 Å². The molecule has 2 heterocycles. The fourth-order valence-electron chi connectivity index (χ4n) is 3.53. The van der Waals surface area contributed by atoms with Gasteiger partial charge in [-0.15, -0.1) is 0 Å². The van der Waals surface area contributed by atoms with E-state index in [-0.39, 0.29) is 37.0 Å². The molecule has 31 heavy (non-hydrogen) atoms. The fraction of sp³-hybridized carbons (Fsp3) is 0.682. The van der Waals surface area contributed by atoms with Crippen LogP contribution in [-0.4, -0.2) is 77.8 Å². The Morgan fingerprint density at radius 3 is 2.61 bits per heavy atom. The van der Waals surface area contributed by atoms with Crippen LogP contribution in [-0.2, 0) is 25.5 Å². The lowest BCUT2D eigenvalue weighted by Crippen LogP contribution is -2.44. The smallest absolute Gasteiger partial charge is 0.232 e. The molecule has 0 spiro atoms. The molecule has 1 aromatic heterocycles. The van der Waals surface area contributed by atoms with Crippen LogP contribution in [0.25, 0.3) is 0 Å². The summed E-state index contributed by atoms with van der Waals surface area (Å²) in [4.78, 5) is 31.7. The summed E-state index contributed by atoms with van der Waals surface area (Å²) in [5, 5.41) is 9.80. The van der Waals surface area contributed by atoms with E-state index in [1.165, 1.54) is 12.0 Å². The SMILES string of the molecule is COCO[C@H](CC(C)C)N(CO)C(=O)Cc1cc(OC2CCN(C(C)=O)CC2)ccn1. The molecule has 0 saturated carbocycles. The Morgan fingerprint density at radius 2 is 2.03 bits per heavy atom. The standard InChI is InChI=1S/C22H35N3O6/c1-16(2)11-22(30-15-29-4)25(14-26)21(28)13-18-12-20(5-8-23-18)31-19-6-9-24(10-7-19)17(3)27/h5,8,12,16,19,22,26H,6-7,9-11,13-15H2,1-4H3/t22-/m1/s1. The van der Waals surface area contributed by atoms with Gasteiger partial charge in [0.25, 0.3) is 0 Å². The number of ether oxygens (including phenoxy) is 3. The van der Waals surface area contributed by atoms with E-state index in [9.17, 15) is 14.7 Å². The molecule has 1 atom stereocenters. The number of methoxy groups -OCH3 is 1. The molecule has 0 bridgehead atoms.